The Morgan fingerprint density at radius 3 is 2.62 bits per heavy atom. The highest BCUT2D eigenvalue weighted by atomic mass is 16.1. The molecule has 0 unspecified atom stereocenters. The van der Waals surface area contributed by atoms with Crippen LogP contribution in [0.15, 0.2) is 11.3 Å². The van der Waals surface area contributed by atoms with Crippen molar-refractivity contribution in [1.29, 1.82) is 5.26 Å². The first-order chi connectivity index (χ1) is 6.00. The Hall–Kier alpha value is -1.34. The number of hydrazine groups is 1. The van der Waals surface area contributed by atoms with Crippen molar-refractivity contribution in [2.75, 3.05) is 0 Å². The van der Waals surface area contributed by atoms with Crippen LogP contribution < -0.4 is 11.3 Å². The second-order valence-corrected chi connectivity index (χ2v) is 4.05. The van der Waals surface area contributed by atoms with E-state index in [0.29, 0.717) is 18.5 Å². The highest BCUT2D eigenvalue weighted by Gasteiger charge is 2.32. The summed E-state index contributed by atoms with van der Waals surface area (Å²) in [6.45, 7) is 3.97. The van der Waals surface area contributed by atoms with E-state index in [4.69, 9.17) is 11.1 Å². The largest absolute Gasteiger partial charge is 0.327 e. The van der Waals surface area contributed by atoms with E-state index in [2.05, 4.69) is 5.43 Å². The first-order valence-electron chi connectivity index (χ1n) is 4.13. The summed E-state index contributed by atoms with van der Waals surface area (Å²) in [5.41, 5.74) is 3.07. The minimum absolute atomic E-state index is 0.0981. The number of hydrogen-bond donors (Lipinski definition) is 2. The van der Waals surface area contributed by atoms with Crippen LogP contribution in [0.2, 0.25) is 0 Å². The van der Waals surface area contributed by atoms with Gasteiger partial charge in [-0.3, -0.25) is 10.6 Å². The monoisotopic (exact) mass is 179 g/mol. The summed E-state index contributed by atoms with van der Waals surface area (Å²) in [4.78, 5) is 11.4. The van der Waals surface area contributed by atoms with Crippen LogP contribution >= 0.6 is 0 Å². The van der Waals surface area contributed by atoms with Crippen molar-refractivity contribution in [1.82, 2.24) is 5.43 Å². The van der Waals surface area contributed by atoms with Crippen LogP contribution in [0, 0.1) is 16.7 Å². The lowest BCUT2D eigenvalue weighted by Gasteiger charge is -2.29. The van der Waals surface area contributed by atoms with E-state index in [1.165, 1.54) is 0 Å². The number of rotatable bonds is 1. The average molecular weight is 179 g/mol. The fraction of sp³-hybridized carbons (Fsp3) is 0.556. The van der Waals surface area contributed by atoms with Gasteiger partial charge in [-0.2, -0.15) is 5.26 Å². The number of nitrogens with zero attached hydrogens (tertiary/aromatic N) is 1. The van der Waals surface area contributed by atoms with Gasteiger partial charge in [0.25, 0.3) is 0 Å². The van der Waals surface area contributed by atoms with Gasteiger partial charge in [-0.15, -0.1) is 0 Å². The molecule has 0 bridgehead atoms. The number of carbonyl (C=O) groups excluding carboxylic acids is 1. The molecule has 0 radical (unpaired) electrons. The summed E-state index contributed by atoms with van der Waals surface area (Å²) in [7, 11) is 0. The molecule has 13 heavy (non-hydrogen) atoms. The Bertz CT molecular complexity index is 309. The Morgan fingerprint density at radius 1 is 1.54 bits per heavy atom. The van der Waals surface area contributed by atoms with Gasteiger partial charge >= 0.3 is 0 Å². The van der Waals surface area contributed by atoms with Gasteiger partial charge in [0.05, 0.1) is 0 Å². The van der Waals surface area contributed by atoms with Crippen molar-refractivity contribution in [2.45, 2.75) is 26.7 Å². The van der Waals surface area contributed by atoms with Crippen molar-refractivity contribution in [3.63, 3.8) is 0 Å². The molecule has 0 saturated carbocycles. The first kappa shape index (κ1) is 9.75. The van der Waals surface area contributed by atoms with Crippen LogP contribution in [0.25, 0.3) is 0 Å². The first-order valence-corrected chi connectivity index (χ1v) is 4.13. The lowest BCUT2D eigenvalue weighted by atomic mass is 9.76. The highest BCUT2D eigenvalue weighted by molar-refractivity contribution is 6.00. The number of hydrogen-bond acceptors (Lipinski definition) is 4. The van der Waals surface area contributed by atoms with Crippen LogP contribution in [0.1, 0.15) is 26.7 Å². The minimum Gasteiger partial charge on any atom is -0.327 e. The van der Waals surface area contributed by atoms with Crippen molar-refractivity contribution in [3.8, 4) is 6.07 Å². The molecule has 0 spiro atoms. The van der Waals surface area contributed by atoms with Gasteiger partial charge < -0.3 is 5.43 Å². The SMILES string of the molecule is CC1(C)CC(=O)C(C#N)=C(NN)C1. The number of nitriles is 1. The number of allylic oxidation sites excluding steroid dienone is 2. The third-order valence-electron chi connectivity index (χ3n) is 2.16. The maximum atomic E-state index is 11.4. The van der Waals surface area contributed by atoms with Gasteiger partial charge in [0, 0.05) is 12.1 Å². The zero-order chi connectivity index (χ0) is 10.1. The summed E-state index contributed by atoms with van der Waals surface area (Å²) in [5, 5.41) is 8.71. The maximum Gasteiger partial charge on any atom is 0.175 e. The zero-order valence-electron chi connectivity index (χ0n) is 7.85. The van der Waals surface area contributed by atoms with Gasteiger partial charge in [-0.25, -0.2) is 0 Å². The molecule has 0 heterocycles. The molecule has 4 nitrogen and oxygen atoms in total. The van der Waals surface area contributed by atoms with Gasteiger partial charge in [0.2, 0.25) is 0 Å². The van der Waals surface area contributed by atoms with Crippen LogP contribution in [0.4, 0.5) is 0 Å². The fourth-order valence-corrected chi connectivity index (χ4v) is 1.57. The second kappa shape index (κ2) is 3.19. The molecule has 1 aliphatic rings. The molecule has 0 aromatic carbocycles. The summed E-state index contributed by atoms with van der Waals surface area (Å²) >= 11 is 0. The molecule has 70 valence electrons. The molecular weight excluding hydrogens is 166 g/mol. The smallest absolute Gasteiger partial charge is 0.175 e. The van der Waals surface area contributed by atoms with E-state index in [0.717, 1.165) is 0 Å². The second-order valence-electron chi connectivity index (χ2n) is 4.05. The molecule has 0 aliphatic heterocycles. The van der Waals surface area contributed by atoms with E-state index in [1.54, 1.807) is 0 Å². The summed E-state index contributed by atoms with van der Waals surface area (Å²) in [6.07, 6.45) is 1.07. The molecule has 4 heteroatoms. The predicted octanol–water partition coefficient (Wildman–Crippen LogP) is 0.616. The fourth-order valence-electron chi connectivity index (χ4n) is 1.57. The van der Waals surface area contributed by atoms with E-state index in [-0.39, 0.29) is 16.8 Å². The zero-order valence-corrected chi connectivity index (χ0v) is 7.85. The molecule has 3 N–H and O–H groups in total. The topological polar surface area (TPSA) is 78.9 Å². The van der Waals surface area contributed by atoms with E-state index >= 15 is 0 Å². The predicted molar refractivity (Wildman–Crippen MR) is 48.0 cm³/mol. The third-order valence-corrected chi connectivity index (χ3v) is 2.16. The van der Waals surface area contributed by atoms with E-state index in [9.17, 15) is 4.79 Å². The Kier molecular flexibility index (Phi) is 2.39. The number of carbonyl (C=O) groups is 1. The van der Waals surface area contributed by atoms with Gasteiger partial charge in [-0.1, -0.05) is 13.8 Å². The number of nitrogens with two attached hydrogens (primary N) is 1. The Morgan fingerprint density at radius 2 is 2.15 bits per heavy atom. The molecule has 0 amide bonds. The quantitative estimate of drug-likeness (QED) is 0.456. The normalized spacial score (nSPS) is 21.2. The molecule has 0 saturated heterocycles. The Balaban J connectivity index is 3.08. The van der Waals surface area contributed by atoms with E-state index < -0.39 is 0 Å². The van der Waals surface area contributed by atoms with Crippen LogP contribution in [0.3, 0.4) is 0 Å². The van der Waals surface area contributed by atoms with E-state index in [1.807, 2.05) is 19.9 Å². The summed E-state index contributed by atoms with van der Waals surface area (Å²) in [6, 6.07) is 1.88. The number of ketones is 1. The molecule has 1 rings (SSSR count). The summed E-state index contributed by atoms with van der Waals surface area (Å²) < 4.78 is 0. The molecule has 0 fully saturated rings. The summed E-state index contributed by atoms with van der Waals surface area (Å²) in [5.74, 6) is 5.12. The average Bonchev–Trinajstić information content (AvgIpc) is 2.01. The molecular formula is C9H13N3O. The molecule has 1 aliphatic carbocycles. The highest BCUT2D eigenvalue weighted by Crippen LogP contribution is 2.34. The van der Waals surface area contributed by atoms with Crippen LogP contribution in [0.5, 0.6) is 0 Å². The lowest BCUT2D eigenvalue weighted by molar-refractivity contribution is -0.117. The van der Waals surface area contributed by atoms with Crippen molar-refractivity contribution in [3.05, 3.63) is 11.3 Å². The number of Topliss-reactive ketones (excluding diaryl/α,β-unsaturated/α-hetero) is 1. The lowest BCUT2D eigenvalue weighted by Crippen LogP contribution is -2.33. The van der Waals surface area contributed by atoms with Gasteiger partial charge in [0.15, 0.2) is 5.78 Å². The molecule has 0 atom stereocenters. The van der Waals surface area contributed by atoms with Crippen molar-refractivity contribution < 1.29 is 4.79 Å². The minimum atomic E-state index is -0.119. The third kappa shape index (κ3) is 1.87. The van der Waals surface area contributed by atoms with Crippen LogP contribution in [-0.2, 0) is 4.79 Å². The maximum absolute atomic E-state index is 11.4. The van der Waals surface area contributed by atoms with Gasteiger partial charge in [-0.05, 0) is 11.8 Å². The number of nitrogens with one attached hydrogen (secondary N) is 1. The van der Waals surface area contributed by atoms with Crippen molar-refractivity contribution >= 4 is 5.78 Å². The molecule has 0 aromatic rings. The van der Waals surface area contributed by atoms with Crippen molar-refractivity contribution in [2.24, 2.45) is 11.3 Å². The van der Waals surface area contributed by atoms with Crippen LogP contribution in [-0.4, -0.2) is 5.78 Å². The van der Waals surface area contributed by atoms with Gasteiger partial charge in [0.1, 0.15) is 11.6 Å². The standard InChI is InChI=1S/C9H13N3O/c1-9(2)3-7(12-11)6(5-10)8(13)4-9/h12H,3-4,11H2,1-2H3. The Labute approximate surface area is 77.4 Å². The molecule has 0 aromatic heterocycles.